The Hall–Kier alpha value is -1.62. The van der Waals surface area contributed by atoms with Crippen LogP contribution >= 0.6 is 15.9 Å². The zero-order chi connectivity index (χ0) is 17.5. The summed E-state index contributed by atoms with van der Waals surface area (Å²) in [4.78, 5) is 12.7. The highest BCUT2D eigenvalue weighted by atomic mass is 79.9. The molecule has 1 unspecified atom stereocenters. The van der Waals surface area contributed by atoms with Crippen LogP contribution in [0.1, 0.15) is 74.2 Å². The molecule has 1 heterocycles. The van der Waals surface area contributed by atoms with Crippen LogP contribution in [0.5, 0.6) is 0 Å². The Balaban J connectivity index is 1.82. The minimum Gasteiger partial charge on any atom is -0.344 e. The van der Waals surface area contributed by atoms with Crippen molar-refractivity contribution < 1.29 is 4.79 Å². The summed E-state index contributed by atoms with van der Waals surface area (Å²) in [5.74, 6) is 0.433. The van der Waals surface area contributed by atoms with Gasteiger partial charge in [-0.25, -0.2) is 0 Å². The third-order valence-corrected chi connectivity index (χ3v) is 5.04. The minimum atomic E-state index is -0.122. The molecule has 1 atom stereocenters. The van der Waals surface area contributed by atoms with E-state index >= 15 is 0 Å². The topological polar surface area (TPSA) is 46.9 Å². The Morgan fingerprint density at radius 3 is 2.58 bits per heavy atom. The largest absolute Gasteiger partial charge is 0.344 e. The first-order valence-electron chi connectivity index (χ1n) is 8.43. The summed E-state index contributed by atoms with van der Waals surface area (Å²) < 4.78 is 3.01. The molecule has 128 valence electrons. The maximum atomic E-state index is 12.7. The van der Waals surface area contributed by atoms with Gasteiger partial charge in [-0.2, -0.15) is 5.10 Å². The Kier molecular flexibility index (Phi) is 4.56. The lowest BCUT2D eigenvalue weighted by Crippen LogP contribution is -2.29. The fourth-order valence-corrected chi connectivity index (χ4v) is 3.52. The van der Waals surface area contributed by atoms with Gasteiger partial charge in [0, 0.05) is 16.1 Å². The number of carbonyl (C=O) groups excluding carboxylic acids is 1. The molecule has 0 spiro atoms. The normalized spacial score (nSPS) is 16.0. The molecule has 1 aliphatic rings. The molecule has 1 fully saturated rings. The molecule has 4 nitrogen and oxygen atoms in total. The molecular weight excluding hydrogens is 366 g/mol. The predicted molar refractivity (Wildman–Crippen MR) is 99.2 cm³/mol. The number of halogens is 1. The minimum absolute atomic E-state index is 0.0859. The number of aromatic nitrogens is 2. The molecule has 1 aliphatic carbocycles. The van der Waals surface area contributed by atoms with Crippen molar-refractivity contribution in [2.75, 3.05) is 0 Å². The maximum Gasteiger partial charge on any atom is 0.272 e. The van der Waals surface area contributed by atoms with Gasteiger partial charge in [0.25, 0.3) is 5.91 Å². The van der Waals surface area contributed by atoms with E-state index < -0.39 is 0 Å². The van der Waals surface area contributed by atoms with Crippen molar-refractivity contribution >= 4 is 21.8 Å². The van der Waals surface area contributed by atoms with Crippen molar-refractivity contribution in [3.05, 3.63) is 51.8 Å². The van der Waals surface area contributed by atoms with Crippen LogP contribution in [0.3, 0.4) is 0 Å². The number of amides is 1. The molecule has 0 radical (unpaired) electrons. The first-order chi connectivity index (χ1) is 11.3. The smallest absolute Gasteiger partial charge is 0.272 e. The van der Waals surface area contributed by atoms with Gasteiger partial charge in [0.2, 0.25) is 0 Å². The highest BCUT2D eigenvalue weighted by molar-refractivity contribution is 9.10. The maximum absolute atomic E-state index is 12.7. The lowest BCUT2D eigenvalue weighted by atomic mass is 10.1. The SMILES string of the molecule is CC(NC(=O)c1cc(C2CC2)n(C(C)(C)C)n1)c1ccccc1Br. The van der Waals surface area contributed by atoms with Crippen molar-refractivity contribution in [2.24, 2.45) is 0 Å². The van der Waals surface area contributed by atoms with Crippen molar-refractivity contribution in [3.63, 3.8) is 0 Å². The predicted octanol–water partition coefficient (Wildman–Crippen LogP) is 4.77. The van der Waals surface area contributed by atoms with Crippen LogP contribution in [0.4, 0.5) is 0 Å². The number of benzene rings is 1. The van der Waals surface area contributed by atoms with E-state index in [1.807, 2.05) is 41.9 Å². The van der Waals surface area contributed by atoms with Gasteiger partial charge in [-0.15, -0.1) is 0 Å². The highest BCUT2D eigenvalue weighted by Crippen LogP contribution is 2.41. The van der Waals surface area contributed by atoms with Gasteiger partial charge in [0.05, 0.1) is 11.6 Å². The average molecular weight is 390 g/mol. The summed E-state index contributed by atoms with van der Waals surface area (Å²) in [5.41, 5.74) is 2.63. The van der Waals surface area contributed by atoms with Gasteiger partial charge in [-0.05, 0) is 58.2 Å². The second kappa shape index (κ2) is 6.36. The summed E-state index contributed by atoms with van der Waals surface area (Å²) in [7, 11) is 0. The van der Waals surface area contributed by atoms with Gasteiger partial charge in [0.1, 0.15) is 5.69 Å². The molecule has 3 rings (SSSR count). The van der Waals surface area contributed by atoms with Crippen molar-refractivity contribution in [1.29, 1.82) is 0 Å². The lowest BCUT2D eigenvalue weighted by molar-refractivity contribution is 0.0933. The number of carbonyl (C=O) groups is 1. The number of hydrogen-bond acceptors (Lipinski definition) is 2. The quantitative estimate of drug-likeness (QED) is 0.818. The standard InChI is InChI=1S/C19H24BrN3O/c1-12(14-7-5-6-8-15(14)20)21-18(24)16-11-17(13-9-10-13)23(22-16)19(2,3)4/h5-8,11-13H,9-10H2,1-4H3,(H,21,24). The van der Waals surface area contributed by atoms with E-state index in [-0.39, 0.29) is 17.5 Å². The van der Waals surface area contributed by atoms with Crippen LogP contribution in [0.15, 0.2) is 34.8 Å². The summed E-state index contributed by atoms with van der Waals surface area (Å²) >= 11 is 3.54. The first kappa shape index (κ1) is 17.2. The second-order valence-corrected chi connectivity index (χ2v) is 8.38. The number of rotatable bonds is 4. The zero-order valence-electron chi connectivity index (χ0n) is 14.6. The van der Waals surface area contributed by atoms with E-state index in [0.717, 1.165) is 10.0 Å². The van der Waals surface area contributed by atoms with E-state index in [9.17, 15) is 4.79 Å². The molecule has 24 heavy (non-hydrogen) atoms. The molecule has 1 aromatic heterocycles. The molecule has 5 heteroatoms. The highest BCUT2D eigenvalue weighted by Gasteiger charge is 2.32. The van der Waals surface area contributed by atoms with Crippen LogP contribution in [0.25, 0.3) is 0 Å². The molecule has 0 bridgehead atoms. The van der Waals surface area contributed by atoms with Crippen molar-refractivity contribution in [1.82, 2.24) is 15.1 Å². The van der Waals surface area contributed by atoms with E-state index in [1.165, 1.54) is 18.5 Å². The van der Waals surface area contributed by atoms with E-state index in [2.05, 4.69) is 47.1 Å². The van der Waals surface area contributed by atoms with Gasteiger partial charge < -0.3 is 5.32 Å². The van der Waals surface area contributed by atoms with Gasteiger partial charge in [-0.3, -0.25) is 9.48 Å². The van der Waals surface area contributed by atoms with Gasteiger partial charge in [0.15, 0.2) is 0 Å². The molecular formula is C19H24BrN3O. The van der Waals surface area contributed by atoms with E-state index in [4.69, 9.17) is 0 Å². The summed E-state index contributed by atoms with van der Waals surface area (Å²) in [6.07, 6.45) is 2.38. The third-order valence-electron chi connectivity index (χ3n) is 4.32. The van der Waals surface area contributed by atoms with Crippen LogP contribution in [0, 0.1) is 0 Å². The number of nitrogens with one attached hydrogen (secondary N) is 1. The van der Waals surface area contributed by atoms with Gasteiger partial charge >= 0.3 is 0 Å². The van der Waals surface area contributed by atoms with Crippen LogP contribution < -0.4 is 5.32 Å². The zero-order valence-corrected chi connectivity index (χ0v) is 16.2. The molecule has 0 aliphatic heterocycles. The van der Waals surface area contributed by atoms with Crippen LogP contribution in [-0.4, -0.2) is 15.7 Å². The molecule has 1 N–H and O–H groups in total. The van der Waals surface area contributed by atoms with Gasteiger partial charge in [-0.1, -0.05) is 34.1 Å². The Morgan fingerprint density at radius 2 is 2.00 bits per heavy atom. The van der Waals surface area contributed by atoms with Crippen molar-refractivity contribution in [2.45, 2.75) is 58.0 Å². The molecule has 2 aromatic rings. The van der Waals surface area contributed by atoms with Crippen LogP contribution in [-0.2, 0) is 5.54 Å². The average Bonchev–Trinajstić information content (AvgIpc) is 3.24. The monoisotopic (exact) mass is 389 g/mol. The number of nitrogens with zero attached hydrogens (tertiary/aromatic N) is 2. The third kappa shape index (κ3) is 3.56. The first-order valence-corrected chi connectivity index (χ1v) is 9.22. The molecule has 1 aromatic carbocycles. The number of hydrogen-bond donors (Lipinski definition) is 1. The van der Waals surface area contributed by atoms with E-state index in [1.54, 1.807) is 0 Å². The molecule has 0 saturated heterocycles. The fourth-order valence-electron chi connectivity index (χ4n) is 2.89. The van der Waals surface area contributed by atoms with Crippen molar-refractivity contribution in [3.8, 4) is 0 Å². The van der Waals surface area contributed by atoms with Crippen LogP contribution in [0.2, 0.25) is 0 Å². The second-order valence-electron chi connectivity index (χ2n) is 7.53. The molecule has 1 amide bonds. The Morgan fingerprint density at radius 1 is 1.33 bits per heavy atom. The summed E-state index contributed by atoms with van der Waals surface area (Å²) in [5, 5.41) is 7.66. The Labute approximate surface area is 151 Å². The Bertz CT molecular complexity index is 756. The van der Waals surface area contributed by atoms with E-state index in [0.29, 0.717) is 11.6 Å². The summed E-state index contributed by atoms with van der Waals surface area (Å²) in [6.45, 7) is 8.35. The molecule has 1 saturated carbocycles. The lowest BCUT2D eigenvalue weighted by Gasteiger charge is -2.22. The summed E-state index contributed by atoms with van der Waals surface area (Å²) in [6, 6.07) is 9.82. The fraction of sp³-hybridized carbons (Fsp3) is 0.474.